The zero-order valence-corrected chi connectivity index (χ0v) is 22.6. The van der Waals surface area contributed by atoms with E-state index in [1.807, 2.05) is 24.3 Å². The second kappa shape index (κ2) is 11.2. The maximum atomic E-state index is 13.7. The molecule has 2 amide bonds. The second-order valence-electron chi connectivity index (χ2n) is 9.82. The van der Waals surface area contributed by atoms with E-state index < -0.39 is 11.7 Å². The fourth-order valence-corrected chi connectivity index (χ4v) is 5.19. The molecular weight excluding hydrogens is 543 g/mol. The molecule has 1 atom stereocenters. The van der Waals surface area contributed by atoms with Crippen LogP contribution in [0.4, 0.5) is 15.0 Å². The molecule has 0 aliphatic carbocycles. The maximum absolute atomic E-state index is 13.7. The number of carbonyl (C=O) groups is 2. The van der Waals surface area contributed by atoms with Crippen LogP contribution in [0.15, 0.2) is 61.4 Å². The molecule has 3 aromatic heterocycles. The van der Waals surface area contributed by atoms with Crippen molar-refractivity contribution in [2.24, 2.45) is 0 Å². The van der Waals surface area contributed by atoms with E-state index in [0.717, 1.165) is 30.0 Å². The van der Waals surface area contributed by atoms with Crippen LogP contribution < -0.4 is 15.8 Å². The number of amides is 2. The molecule has 1 fully saturated rings. The van der Waals surface area contributed by atoms with E-state index in [4.69, 9.17) is 15.6 Å². The Morgan fingerprint density at radius 3 is 2.74 bits per heavy atom. The van der Waals surface area contributed by atoms with Crippen molar-refractivity contribution in [2.45, 2.75) is 32.0 Å². The van der Waals surface area contributed by atoms with Crippen molar-refractivity contribution >= 4 is 28.8 Å². The summed E-state index contributed by atoms with van der Waals surface area (Å²) in [6.07, 6.45) is 5.78. The highest BCUT2D eigenvalue weighted by Gasteiger charge is 2.31. The Labute approximate surface area is 239 Å². The van der Waals surface area contributed by atoms with Crippen molar-refractivity contribution in [2.75, 3.05) is 19.4 Å². The molecule has 6 rings (SSSR count). The number of hydrogen-bond acceptors (Lipinski definition) is 9. The van der Waals surface area contributed by atoms with Crippen molar-refractivity contribution in [1.82, 2.24) is 44.7 Å². The van der Waals surface area contributed by atoms with Crippen LogP contribution in [0.3, 0.4) is 0 Å². The average Bonchev–Trinajstić information content (AvgIpc) is 3.78. The lowest BCUT2D eigenvalue weighted by molar-refractivity contribution is 0.0947. The summed E-state index contributed by atoms with van der Waals surface area (Å²) in [5, 5.41) is 12.2. The van der Waals surface area contributed by atoms with Crippen molar-refractivity contribution in [3.05, 3.63) is 78.4 Å². The van der Waals surface area contributed by atoms with E-state index in [1.54, 1.807) is 9.58 Å². The Hall–Kier alpha value is -5.40. The highest BCUT2D eigenvalue weighted by molar-refractivity contribution is 5.98. The predicted molar refractivity (Wildman–Crippen MR) is 150 cm³/mol. The van der Waals surface area contributed by atoms with Gasteiger partial charge in [-0.05, 0) is 36.6 Å². The highest BCUT2D eigenvalue weighted by Crippen LogP contribution is 2.31. The minimum Gasteiger partial charge on any atom is -0.496 e. The Bertz CT molecular complexity index is 1750. The number of likely N-dealkylation sites (tertiary alicyclic amines) is 1. The normalized spacial score (nSPS) is 14.8. The van der Waals surface area contributed by atoms with Gasteiger partial charge in [-0.15, -0.1) is 0 Å². The molecule has 1 saturated heterocycles. The minimum absolute atomic E-state index is 0.114. The average molecular weight is 571 g/mol. The van der Waals surface area contributed by atoms with Crippen molar-refractivity contribution in [3.8, 4) is 17.0 Å². The van der Waals surface area contributed by atoms with Gasteiger partial charge in [0.25, 0.3) is 5.91 Å². The lowest BCUT2D eigenvalue weighted by Crippen LogP contribution is -2.41. The number of nitrogen functional groups attached to an aromatic ring is 1. The maximum Gasteiger partial charge on any atom is 0.346 e. The zero-order chi connectivity index (χ0) is 29.2. The largest absolute Gasteiger partial charge is 0.496 e. The fraction of sp³-hybridized carbons (Fsp3) is 0.250. The summed E-state index contributed by atoms with van der Waals surface area (Å²) in [7, 11) is 1.42. The van der Waals surface area contributed by atoms with E-state index in [2.05, 4.69) is 25.4 Å². The Kier molecular flexibility index (Phi) is 7.17. The molecule has 0 radical (unpaired) electrons. The Balaban J connectivity index is 1.22. The van der Waals surface area contributed by atoms with Crippen molar-refractivity contribution in [1.29, 1.82) is 0 Å². The van der Waals surface area contributed by atoms with Crippen molar-refractivity contribution < 1.29 is 18.7 Å². The molecule has 1 aliphatic rings. The molecule has 2 aromatic carbocycles. The van der Waals surface area contributed by atoms with Gasteiger partial charge in [0.1, 0.15) is 42.1 Å². The molecule has 42 heavy (non-hydrogen) atoms. The number of methoxy groups -OCH3 is 1. The molecule has 5 aromatic rings. The first kappa shape index (κ1) is 26.8. The molecule has 1 aliphatic heterocycles. The summed E-state index contributed by atoms with van der Waals surface area (Å²) in [5.41, 5.74) is 9.18. The monoisotopic (exact) mass is 570 g/mol. The van der Waals surface area contributed by atoms with E-state index >= 15 is 0 Å². The van der Waals surface area contributed by atoms with Gasteiger partial charge in [-0.25, -0.2) is 28.8 Å². The van der Waals surface area contributed by atoms with Crippen LogP contribution in [0.1, 0.15) is 28.8 Å². The summed E-state index contributed by atoms with van der Waals surface area (Å²) in [6.45, 7) is 1.24. The van der Waals surface area contributed by atoms with Crippen LogP contribution >= 0.6 is 0 Å². The minimum atomic E-state index is -0.525. The van der Waals surface area contributed by atoms with E-state index in [0.29, 0.717) is 35.6 Å². The molecule has 0 spiro atoms. The molecule has 0 bridgehead atoms. The first-order valence-electron chi connectivity index (χ1n) is 13.3. The molecule has 4 heterocycles. The SMILES string of the molecule is COc1ccc(F)cc1C(=O)NCc1ccc(-c2nn(C[C@H]3CCCN3C(=O)n3cncn3)c3ncnc(N)c23)cc1. The van der Waals surface area contributed by atoms with Crippen LogP contribution in [-0.2, 0) is 13.1 Å². The number of nitrogens with zero attached hydrogens (tertiary/aromatic N) is 8. The molecular formula is C28H27FN10O3. The molecule has 14 heteroatoms. The number of rotatable bonds is 7. The van der Waals surface area contributed by atoms with Crippen LogP contribution in [0.2, 0.25) is 0 Å². The van der Waals surface area contributed by atoms with E-state index in [1.165, 1.54) is 42.9 Å². The first-order chi connectivity index (χ1) is 20.4. The number of ether oxygens (including phenoxy) is 1. The van der Waals surface area contributed by atoms with E-state index in [-0.39, 0.29) is 29.9 Å². The quantitative estimate of drug-likeness (QED) is 0.300. The molecule has 13 nitrogen and oxygen atoms in total. The Morgan fingerprint density at radius 2 is 1.98 bits per heavy atom. The lowest BCUT2D eigenvalue weighted by Gasteiger charge is -2.24. The van der Waals surface area contributed by atoms with Crippen LogP contribution in [0, 0.1) is 5.82 Å². The number of halogens is 1. The van der Waals surface area contributed by atoms with Gasteiger partial charge in [0.15, 0.2) is 5.65 Å². The lowest BCUT2D eigenvalue weighted by atomic mass is 10.1. The number of benzene rings is 2. The van der Waals surface area contributed by atoms with E-state index in [9.17, 15) is 14.0 Å². The second-order valence-corrected chi connectivity index (χ2v) is 9.82. The standard InChI is InChI=1S/C28H27FN10O3/c1-42-22-9-8-19(29)11-21(22)27(40)32-12-17-4-6-18(7-5-17)24-23-25(30)33-15-34-26(23)38(36-24)13-20-3-2-10-37(20)28(41)39-16-31-14-35-39/h4-9,11,14-16,20H,2-3,10,12-13H2,1H3,(H,32,40)(H2,30,33,34)/t20-/m1/s1. The summed E-state index contributed by atoms with van der Waals surface area (Å²) < 4.78 is 21.9. The fourth-order valence-electron chi connectivity index (χ4n) is 5.19. The van der Waals surface area contributed by atoms with Gasteiger partial charge in [-0.3, -0.25) is 4.79 Å². The number of carbonyl (C=O) groups excluding carboxylic acids is 2. The highest BCUT2D eigenvalue weighted by atomic mass is 19.1. The summed E-state index contributed by atoms with van der Waals surface area (Å²) >= 11 is 0. The summed E-state index contributed by atoms with van der Waals surface area (Å²) in [6, 6.07) is 10.9. The molecule has 0 unspecified atom stereocenters. The van der Waals surface area contributed by atoms with Gasteiger partial charge < -0.3 is 20.7 Å². The van der Waals surface area contributed by atoms with Gasteiger partial charge in [-0.1, -0.05) is 24.3 Å². The first-order valence-corrected chi connectivity index (χ1v) is 13.3. The number of hydrogen-bond donors (Lipinski definition) is 2. The molecule has 214 valence electrons. The molecule has 0 saturated carbocycles. The van der Waals surface area contributed by atoms with Crippen LogP contribution in [-0.4, -0.2) is 71.0 Å². The number of fused-ring (bicyclic) bond motifs is 1. The third kappa shape index (κ3) is 5.09. The predicted octanol–water partition coefficient (Wildman–Crippen LogP) is 2.88. The smallest absolute Gasteiger partial charge is 0.346 e. The number of aromatic nitrogens is 7. The van der Waals surface area contributed by atoms with Gasteiger partial charge in [0, 0.05) is 18.7 Å². The topological polar surface area (TPSA) is 159 Å². The van der Waals surface area contributed by atoms with Crippen LogP contribution in [0.5, 0.6) is 5.75 Å². The third-order valence-corrected chi connectivity index (χ3v) is 7.27. The number of nitrogens with one attached hydrogen (secondary N) is 1. The summed E-state index contributed by atoms with van der Waals surface area (Å²) in [5.74, 6) is -0.394. The number of anilines is 1. The van der Waals surface area contributed by atoms with Crippen LogP contribution in [0.25, 0.3) is 22.3 Å². The third-order valence-electron chi connectivity index (χ3n) is 7.27. The summed E-state index contributed by atoms with van der Waals surface area (Å²) in [4.78, 5) is 39.9. The van der Waals surface area contributed by atoms with Gasteiger partial charge in [0.05, 0.1) is 30.6 Å². The van der Waals surface area contributed by atoms with Gasteiger partial charge in [-0.2, -0.15) is 14.9 Å². The van der Waals surface area contributed by atoms with Crippen molar-refractivity contribution in [3.63, 3.8) is 0 Å². The zero-order valence-electron chi connectivity index (χ0n) is 22.6. The number of nitrogens with two attached hydrogens (primary N) is 1. The van der Waals surface area contributed by atoms with Gasteiger partial charge in [0.2, 0.25) is 0 Å². The molecule has 3 N–H and O–H groups in total. The Morgan fingerprint density at radius 1 is 1.14 bits per heavy atom. The van der Waals surface area contributed by atoms with Gasteiger partial charge >= 0.3 is 6.03 Å².